The van der Waals surface area contributed by atoms with Gasteiger partial charge in [-0.05, 0) is 29.5 Å². The van der Waals surface area contributed by atoms with Crippen molar-refractivity contribution in [3.63, 3.8) is 0 Å². The number of H-pyrrole nitrogens is 1. The van der Waals surface area contributed by atoms with E-state index >= 15 is 0 Å². The molecule has 0 radical (unpaired) electrons. The SMILES string of the molecule is O=C(C=C(O)c1csc(S(=O)(=O)c2ccc(F)cc2)n1)c1nn[nH]n1. The number of aromatic nitrogens is 5. The lowest BCUT2D eigenvalue weighted by molar-refractivity contribution is 0.103. The lowest BCUT2D eigenvalue weighted by atomic mass is 10.3. The third-order valence-corrected chi connectivity index (χ3v) is 5.96. The Morgan fingerprint density at radius 3 is 2.64 bits per heavy atom. The van der Waals surface area contributed by atoms with E-state index in [2.05, 4.69) is 25.6 Å². The third-order valence-electron chi connectivity index (χ3n) is 2.93. The predicted octanol–water partition coefficient (Wildman–Crippen LogP) is 1.41. The molecular formula is C13H8FN5O4S2. The molecule has 0 aliphatic carbocycles. The molecule has 0 saturated carbocycles. The van der Waals surface area contributed by atoms with Crippen molar-refractivity contribution < 1.29 is 22.7 Å². The maximum absolute atomic E-state index is 12.9. The number of carbonyl (C=O) groups is 1. The fourth-order valence-electron chi connectivity index (χ4n) is 1.74. The largest absolute Gasteiger partial charge is 0.506 e. The van der Waals surface area contributed by atoms with E-state index in [9.17, 15) is 22.7 Å². The van der Waals surface area contributed by atoms with Crippen LogP contribution in [0, 0.1) is 5.82 Å². The van der Waals surface area contributed by atoms with Gasteiger partial charge in [0.2, 0.25) is 25.8 Å². The summed E-state index contributed by atoms with van der Waals surface area (Å²) in [5, 5.41) is 23.4. The molecule has 2 N–H and O–H groups in total. The Kier molecular flexibility index (Phi) is 4.37. The minimum Gasteiger partial charge on any atom is -0.506 e. The zero-order valence-electron chi connectivity index (χ0n) is 12.1. The molecule has 128 valence electrons. The lowest BCUT2D eigenvalue weighted by Crippen LogP contribution is -2.02. The molecule has 0 bridgehead atoms. The van der Waals surface area contributed by atoms with Crippen LogP contribution in [0.5, 0.6) is 0 Å². The van der Waals surface area contributed by atoms with Gasteiger partial charge in [-0.25, -0.2) is 17.8 Å². The smallest absolute Gasteiger partial charge is 0.244 e. The Hall–Kier alpha value is -2.99. The number of hydrogen-bond acceptors (Lipinski definition) is 9. The summed E-state index contributed by atoms with van der Waals surface area (Å²) in [6.07, 6.45) is 0.800. The molecule has 0 aliphatic rings. The molecule has 2 heterocycles. The van der Waals surface area contributed by atoms with Gasteiger partial charge in [0.05, 0.1) is 4.90 Å². The molecule has 25 heavy (non-hydrogen) atoms. The van der Waals surface area contributed by atoms with Gasteiger partial charge in [0, 0.05) is 11.5 Å². The van der Waals surface area contributed by atoms with E-state index in [1.165, 1.54) is 5.38 Å². The maximum atomic E-state index is 12.9. The van der Waals surface area contributed by atoms with Crippen LogP contribution in [-0.2, 0) is 9.84 Å². The Morgan fingerprint density at radius 1 is 1.28 bits per heavy atom. The summed E-state index contributed by atoms with van der Waals surface area (Å²) in [4.78, 5) is 15.4. The summed E-state index contributed by atoms with van der Waals surface area (Å²) >= 11 is 0.754. The number of ketones is 1. The minimum absolute atomic E-state index is 0.109. The first kappa shape index (κ1) is 16.9. The van der Waals surface area contributed by atoms with Crippen molar-refractivity contribution in [1.29, 1.82) is 0 Å². The van der Waals surface area contributed by atoms with Gasteiger partial charge in [0.15, 0.2) is 0 Å². The molecule has 0 spiro atoms. The monoisotopic (exact) mass is 381 g/mol. The van der Waals surface area contributed by atoms with E-state index in [1.54, 1.807) is 0 Å². The molecule has 3 rings (SSSR count). The van der Waals surface area contributed by atoms with Crippen molar-refractivity contribution >= 4 is 32.7 Å². The molecule has 0 saturated heterocycles. The highest BCUT2D eigenvalue weighted by atomic mass is 32.2. The van der Waals surface area contributed by atoms with Crippen LogP contribution >= 0.6 is 11.3 Å². The highest BCUT2D eigenvalue weighted by molar-refractivity contribution is 7.93. The standard InChI is InChI=1S/C13H8FN5O4S2/c14-7-1-3-8(4-2-7)25(22,23)13-15-9(6-24-13)10(20)5-11(21)12-16-18-19-17-12/h1-6,20H,(H,16,17,18,19). The first-order valence-electron chi connectivity index (χ1n) is 6.53. The topological polar surface area (TPSA) is 139 Å². The quantitative estimate of drug-likeness (QED) is 0.293. The summed E-state index contributed by atoms with van der Waals surface area (Å²) in [5.41, 5.74) is -0.109. The first-order valence-corrected chi connectivity index (χ1v) is 8.89. The molecule has 1 aromatic carbocycles. The van der Waals surface area contributed by atoms with Gasteiger partial charge in [-0.1, -0.05) is 0 Å². The van der Waals surface area contributed by atoms with E-state index < -0.39 is 27.2 Å². The number of rotatable bonds is 5. The molecule has 0 atom stereocenters. The second-order valence-electron chi connectivity index (χ2n) is 4.59. The van der Waals surface area contributed by atoms with Gasteiger partial charge in [0.1, 0.15) is 17.3 Å². The van der Waals surface area contributed by atoms with Crippen LogP contribution < -0.4 is 0 Å². The Bertz CT molecular complexity index is 1040. The zero-order valence-corrected chi connectivity index (χ0v) is 13.8. The molecule has 0 amide bonds. The molecular weight excluding hydrogens is 373 g/mol. The molecule has 12 heteroatoms. The molecule has 2 aromatic heterocycles. The van der Waals surface area contributed by atoms with Gasteiger partial charge >= 0.3 is 0 Å². The number of tetrazole rings is 1. The number of aliphatic hydroxyl groups excluding tert-OH is 1. The molecule has 0 fully saturated rings. The minimum atomic E-state index is -3.96. The van der Waals surface area contributed by atoms with Crippen LogP contribution in [0.4, 0.5) is 4.39 Å². The van der Waals surface area contributed by atoms with Crippen molar-refractivity contribution in [3.8, 4) is 0 Å². The van der Waals surface area contributed by atoms with E-state index in [1.807, 2.05) is 0 Å². The van der Waals surface area contributed by atoms with E-state index in [0.29, 0.717) is 0 Å². The van der Waals surface area contributed by atoms with E-state index in [4.69, 9.17) is 0 Å². The normalized spacial score (nSPS) is 12.3. The van der Waals surface area contributed by atoms with Gasteiger partial charge in [-0.2, -0.15) is 5.21 Å². The highest BCUT2D eigenvalue weighted by Crippen LogP contribution is 2.26. The number of aromatic amines is 1. The van der Waals surface area contributed by atoms with Crippen LogP contribution in [0.15, 0.2) is 45.0 Å². The number of nitrogens with zero attached hydrogens (tertiary/aromatic N) is 4. The summed E-state index contributed by atoms with van der Waals surface area (Å²) in [5.74, 6) is -2.12. The number of sulfone groups is 1. The van der Waals surface area contributed by atoms with Crippen LogP contribution in [0.1, 0.15) is 16.3 Å². The Balaban J connectivity index is 1.89. The number of hydrogen-bond donors (Lipinski definition) is 2. The van der Waals surface area contributed by atoms with Gasteiger partial charge in [-0.15, -0.1) is 21.5 Å². The predicted molar refractivity (Wildman–Crippen MR) is 83.1 cm³/mol. The fraction of sp³-hybridized carbons (Fsp3) is 0. The average molecular weight is 381 g/mol. The van der Waals surface area contributed by atoms with Crippen molar-refractivity contribution in [1.82, 2.24) is 25.6 Å². The van der Waals surface area contributed by atoms with Crippen molar-refractivity contribution in [2.24, 2.45) is 0 Å². The summed E-state index contributed by atoms with van der Waals surface area (Å²) in [7, 11) is -3.96. The second kappa shape index (κ2) is 6.49. The van der Waals surface area contributed by atoms with Crippen LogP contribution in [-0.4, -0.2) is 44.9 Å². The van der Waals surface area contributed by atoms with Crippen molar-refractivity contribution in [3.05, 3.63) is 53.1 Å². The Labute approximate surface area is 143 Å². The van der Waals surface area contributed by atoms with E-state index in [-0.39, 0.29) is 20.8 Å². The van der Waals surface area contributed by atoms with Gasteiger partial charge in [-0.3, -0.25) is 4.79 Å². The van der Waals surface area contributed by atoms with Crippen molar-refractivity contribution in [2.75, 3.05) is 0 Å². The third kappa shape index (κ3) is 3.44. The van der Waals surface area contributed by atoms with Gasteiger partial charge < -0.3 is 5.11 Å². The number of allylic oxidation sites excluding steroid dienone is 1. The number of carbonyl (C=O) groups excluding carboxylic acids is 1. The lowest BCUT2D eigenvalue weighted by Gasteiger charge is -2.00. The Morgan fingerprint density at radius 2 is 2.00 bits per heavy atom. The molecule has 3 aromatic rings. The number of thiazole rings is 1. The van der Waals surface area contributed by atoms with Gasteiger partial charge in [0.25, 0.3) is 0 Å². The summed E-state index contributed by atoms with van der Waals surface area (Å²) in [6, 6.07) is 4.26. The average Bonchev–Trinajstić information content (AvgIpc) is 3.27. The first-order chi connectivity index (χ1) is 11.9. The maximum Gasteiger partial charge on any atom is 0.244 e. The molecule has 0 unspecified atom stereocenters. The number of aliphatic hydroxyl groups is 1. The highest BCUT2D eigenvalue weighted by Gasteiger charge is 2.23. The zero-order chi connectivity index (χ0) is 18.0. The fourth-order valence-corrected chi connectivity index (χ4v) is 4.13. The van der Waals surface area contributed by atoms with Crippen LogP contribution in [0.3, 0.4) is 0 Å². The van der Waals surface area contributed by atoms with Crippen LogP contribution in [0.2, 0.25) is 0 Å². The summed E-state index contributed by atoms with van der Waals surface area (Å²) in [6.45, 7) is 0. The number of benzene rings is 1. The number of nitrogens with one attached hydrogen (secondary N) is 1. The second-order valence-corrected chi connectivity index (χ2v) is 7.57. The van der Waals surface area contributed by atoms with Crippen molar-refractivity contribution in [2.45, 2.75) is 9.24 Å². The summed E-state index contributed by atoms with van der Waals surface area (Å²) < 4.78 is 37.5. The number of halogens is 1. The molecule has 9 nitrogen and oxygen atoms in total. The van der Waals surface area contributed by atoms with Crippen LogP contribution in [0.25, 0.3) is 5.76 Å². The molecule has 0 aliphatic heterocycles. The van der Waals surface area contributed by atoms with E-state index in [0.717, 1.165) is 41.7 Å².